The van der Waals surface area contributed by atoms with Gasteiger partial charge in [-0.2, -0.15) is 5.10 Å². The zero-order valence-corrected chi connectivity index (χ0v) is 42.8. The molecule has 5 aliphatic rings. The van der Waals surface area contributed by atoms with Crippen LogP contribution in [0.25, 0.3) is 0 Å². The molecule has 11 N–H and O–H groups in total. The van der Waals surface area contributed by atoms with Crippen molar-refractivity contribution in [3.05, 3.63) is 76.0 Å². The number of likely N-dealkylation sites (tertiary alicyclic amines) is 2. The quantitative estimate of drug-likeness (QED) is 0.0435. The molecule has 0 bridgehead atoms. The summed E-state index contributed by atoms with van der Waals surface area (Å²) in [6, 6.07) is 6.31. The predicted molar refractivity (Wildman–Crippen MR) is 272 cm³/mol. The first-order valence-electron chi connectivity index (χ1n) is 26.6. The van der Waals surface area contributed by atoms with Crippen molar-refractivity contribution in [3.63, 3.8) is 0 Å². The molecular weight excluding hydrogens is 985 g/mol. The molecule has 4 aromatic heterocycles. The molecule has 4 aliphatic heterocycles. The molecule has 9 rings (SSSR count). The first kappa shape index (κ1) is 53.9. The molecule has 410 valence electrons. The Morgan fingerprint density at radius 1 is 0.776 bits per heavy atom. The number of carboxylic acid groups (broad SMARTS) is 1. The van der Waals surface area contributed by atoms with Crippen LogP contribution < -0.4 is 31.9 Å². The number of anilines is 2. The number of nitrogens with one attached hydrogen (secondary N) is 6. The third-order valence-electron chi connectivity index (χ3n) is 15.4. The molecule has 25 heteroatoms. The van der Waals surface area contributed by atoms with Crippen molar-refractivity contribution >= 4 is 41.5 Å². The fourth-order valence-electron chi connectivity index (χ4n) is 10.7. The number of piperidine rings is 2. The van der Waals surface area contributed by atoms with Crippen molar-refractivity contribution in [2.75, 3.05) is 63.0 Å². The zero-order valence-electron chi connectivity index (χ0n) is 42.8. The van der Waals surface area contributed by atoms with Gasteiger partial charge in [0, 0.05) is 94.2 Å². The second-order valence-corrected chi connectivity index (χ2v) is 20.8. The zero-order chi connectivity index (χ0) is 53.6. The highest BCUT2D eigenvalue weighted by Gasteiger charge is 2.48. The molecule has 2 saturated heterocycles. The van der Waals surface area contributed by atoms with Gasteiger partial charge in [-0.3, -0.25) is 14.3 Å². The summed E-state index contributed by atoms with van der Waals surface area (Å²) in [5.41, 5.74) is 2.17. The van der Waals surface area contributed by atoms with E-state index in [0.717, 1.165) is 67.5 Å². The van der Waals surface area contributed by atoms with Gasteiger partial charge in [0.1, 0.15) is 17.7 Å². The molecular formula is C51H70N14O11. The summed E-state index contributed by atoms with van der Waals surface area (Å²) in [4.78, 5) is 77.3. The molecule has 1 saturated carbocycles. The van der Waals surface area contributed by atoms with Crippen LogP contribution in [-0.4, -0.2) is 177 Å². The summed E-state index contributed by atoms with van der Waals surface area (Å²) in [5, 5.41) is 83.8. The van der Waals surface area contributed by atoms with E-state index in [-0.39, 0.29) is 94.6 Å². The third-order valence-corrected chi connectivity index (χ3v) is 15.4. The molecule has 0 aromatic carbocycles. The van der Waals surface area contributed by atoms with Crippen LogP contribution in [0.3, 0.4) is 0 Å². The van der Waals surface area contributed by atoms with Crippen molar-refractivity contribution in [1.29, 1.82) is 0 Å². The van der Waals surface area contributed by atoms with E-state index in [2.05, 4.69) is 59.3 Å². The van der Waals surface area contributed by atoms with Crippen LogP contribution in [0.1, 0.15) is 127 Å². The van der Waals surface area contributed by atoms with Gasteiger partial charge in [0.15, 0.2) is 12.3 Å². The second-order valence-electron chi connectivity index (χ2n) is 20.8. The fourth-order valence-corrected chi connectivity index (χ4v) is 10.7. The maximum absolute atomic E-state index is 13.3. The Labute approximate surface area is 439 Å². The standard InChI is InChI=1S/C51H70N14O11/c1-30-28-37(62-65(30)23-14-38(66)58-39(46(68)69)50(74)15-24-63(25-16-50)48(72)54-21-4-8-33-12-10-31-6-2-19-52-41(31)56-33)35-29-36(35)44-60-61-45(76-44)43(67)59-40(47(70)71)51(75)17-26-64(27-18-51)49(73)55-22-5-9-34-13-11-32-7-3-20-53-42(32)57-34/h10-13,28,35-36,39-40,47,70-71,74-75H,2-9,14-27,29H2,1H3,(H,52,56)(H,53,57)(H,54,72)(H,55,73)(H,58,66)(H,59,67)(H,68,69). The number of aliphatic hydroxyl groups is 4. The Morgan fingerprint density at radius 2 is 1.34 bits per heavy atom. The van der Waals surface area contributed by atoms with Gasteiger partial charge in [-0.05, 0) is 120 Å². The van der Waals surface area contributed by atoms with Crippen LogP contribution in [0.2, 0.25) is 0 Å². The number of carbonyl (C=O) groups is 5. The first-order chi connectivity index (χ1) is 36.6. The minimum Gasteiger partial charge on any atom is -0.480 e. The van der Waals surface area contributed by atoms with E-state index in [4.69, 9.17) is 14.4 Å². The Hall–Kier alpha value is -6.96. The van der Waals surface area contributed by atoms with E-state index < -0.39 is 53.3 Å². The SMILES string of the molecule is Cc1cc(C2CC2c2nnc(C(=O)NC(C(O)O)C3(O)CCN(C(=O)NCCCc4ccc5c(n4)NCCC5)CC3)o2)nn1CCC(=O)NC(C(=O)O)C1(O)CCN(C(=O)NCCCc2ccc3c(n2)NCCC3)CC1. The van der Waals surface area contributed by atoms with Crippen molar-refractivity contribution in [2.24, 2.45) is 0 Å². The highest BCUT2D eigenvalue weighted by molar-refractivity contribution is 5.89. The van der Waals surface area contributed by atoms with Gasteiger partial charge in [0.25, 0.3) is 0 Å². The summed E-state index contributed by atoms with van der Waals surface area (Å²) in [6.07, 6.45) is 5.02. The highest BCUT2D eigenvalue weighted by atomic mass is 16.5. The van der Waals surface area contributed by atoms with E-state index in [1.54, 1.807) is 4.68 Å². The second kappa shape index (κ2) is 23.5. The van der Waals surface area contributed by atoms with Crippen LogP contribution in [0, 0.1) is 6.92 Å². The minimum absolute atomic E-state index is 0.0481. The number of carbonyl (C=O) groups excluding carboxylic acids is 4. The molecule has 6 amide bonds. The number of urea groups is 2. The maximum Gasteiger partial charge on any atom is 0.329 e. The normalized spacial score (nSPS) is 20.2. The van der Waals surface area contributed by atoms with Crippen molar-refractivity contribution in [1.82, 2.24) is 61.0 Å². The molecule has 4 aromatic rings. The van der Waals surface area contributed by atoms with E-state index in [0.29, 0.717) is 50.9 Å². The number of aliphatic carboxylic acids is 1. The number of carboxylic acids is 1. The van der Waals surface area contributed by atoms with E-state index in [9.17, 15) is 49.5 Å². The minimum atomic E-state index is -2.15. The summed E-state index contributed by atoms with van der Waals surface area (Å²) in [6.45, 7) is 4.98. The fraction of sp³-hybridized carbons (Fsp3) is 0.608. The number of pyridine rings is 2. The van der Waals surface area contributed by atoms with Crippen LogP contribution in [-0.2, 0) is 41.8 Å². The van der Waals surface area contributed by atoms with Gasteiger partial charge in [-0.1, -0.05) is 12.1 Å². The van der Waals surface area contributed by atoms with Crippen molar-refractivity contribution in [2.45, 2.75) is 145 Å². The van der Waals surface area contributed by atoms with Gasteiger partial charge in [-0.15, -0.1) is 10.2 Å². The number of amides is 6. The summed E-state index contributed by atoms with van der Waals surface area (Å²) >= 11 is 0. The van der Waals surface area contributed by atoms with Gasteiger partial charge >= 0.3 is 29.8 Å². The van der Waals surface area contributed by atoms with Crippen molar-refractivity contribution in [3.8, 4) is 0 Å². The molecule has 1 aliphatic carbocycles. The van der Waals surface area contributed by atoms with Gasteiger partial charge < -0.3 is 71.7 Å². The van der Waals surface area contributed by atoms with Gasteiger partial charge in [-0.25, -0.2) is 24.4 Å². The maximum atomic E-state index is 13.3. The number of rotatable bonds is 20. The smallest absolute Gasteiger partial charge is 0.329 e. The molecule has 0 spiro atoms. The lowest BCUT2D eigenvalue weighted by Gasteiger charge is -2.43. The molecule has 4 unspecified atom stereocenters. The number of hydrogen-bond acceptors (Lipinski definition) is 17. The van der Waals surface area contributed by atoms with E-state index >= 15 is 0 Å². The third kappa shape index (κ3) is 12.8. The van der Waals surface area contributed by atoms with Crippen LogP contribution in [0.5, 0.6) is 0 Å². The largest absolute Gasteiger partial charge is 0.480 e. The number of nitrogens with zero attached hydrogens (tertiary/aromatic N) is 8. The monoisotopic (exact) mass is 1050 g/mol. The van der Waals surface area contributed by atoms with Crippen LogP contribution in [0.4, 0.5) is 21.2 Å². The number of hydrogen-bond donors (Lipinski definition) is 11. The number of aliphatic hydroxyl groups excluding tert-OH is 1. The molecule has 25 nitrogen and oxygen atoms in total. The van der Waals surface area contributed by atoms with Crippen LogP contribution in [0.15, 0.2) is 34.7 Å². The van der Waals surface area contributed by atoms with Gasteiger partial charge in [0.05, 0.1) is 16.9 Å². The predicted octanol–water partition coefficient (Wildman–Crippen LogP) is 1.06. The number of aryl methyl sites for hydroxylation is 6. The Bertz CT molecular complexity index is 2730. The number of fused-ring (bicyclic) bond motifs is 2. The summed E-state index contributed by atoms with van der Waals surface area (Å²) in [7, 11) is 0. The van der Waals surface area contributed by atoms with Gasteiger partial charge in [0.2, 0.25) is 11.8 Å². The average Bonchev–Trinajstić information content (AvgIpc) is 3.91. The van der Waals surface area contributed by atoms with E-state index in [1.807, 2.05) is 25.1 Å². The lowest BCUT2D eigenvalue weighted by molar-refractivity contribution is -0.153. The lowest BCUT2D eigenvalue weighted by atomic mass is 9.83. The molecule has 4 atom stereocenters. The lowest BCUT2D eigenvalue weighted by Crippen LogP contribution is -2.63. The average molecular weight is 1060 g/mol. The highest BCUT2D eigenvalue weighted by Crippen LogP contribution is 2.53. The summed E-state index contributed by atoms with van der Waals surface area (Å²) in [5.74, 6) is -1.78. The van der Waals surface area contributed by atoms with Crippen LogP contribution >= 0.6 is 0 Å². The Balaban J connectivity index is 0.685. The number of aromatic nitrogens is 6. The molecule has 0 radical (unpaired) electrons. The molecule has 8 heterocycles. The Morgan fingerprint density at radius 3 is 1.89 bits per heavy atom. The van der Waals surface area contributed by atoms with Crippen molar-refractivity contribution < 1.29 is 53.9 Å². The van der Waals surface area contributed by atoms with E-state index in [1.165, 1.54) is 20.9 Å². The topological polar surface area (TPSA) is 348 Å². The molecule has 76 heavy (non-hydrogen) atoms. The Kier molecular flexibility index (Phi) is 16.7. The first-order valence-corrected chi connectivity index (χ1v) is 26.6. The summed E-state index contributed by atoms with van der Waals surface area (Å²) < 4.78 is 7.36. The molecule has 3 fully saturated rings.